The van der Waals surface area contributed by atoms with Crippen LogP contribution in [0.5, 0.6) is 0 Å². The molecule has 172 valence electrons. The Bertz CT molecular complexity index is 1300. The predicted molar refractivity (Wildman–Crippen MR) is 142 cm³/mol. The minimum atomic E-state index is -0.706. The molecule has 2 aliphatic heterocycles. The molecule has 1 saturated heterocycles. The molecule has 1 N–H and O–H groups in total. The van der Waals surface area contributed by atoms with E-state index < -0.39 is 5.25 Å². The second-order valence-electron chi connectivity index (χ2n) is 7.77. The number of hydrazone groups is 1. The number of hydrogen-bond donors (Lipinski definition) is 1. The van der Waals surface area contributed by atoms with E-state index in [1.807, 2.05) is 41.8 Å². The number of amidine groups is 1. The highest BCUT2D eigenvalue weighted by molar-refractivity contribution is 9.10. The Morgan fingerprint density at radius 1 is 1.09 bits per heavy atom. The van der Waals surface area contributed by atoms with Crippen LogP contribution < -0.4 is 4.90 Å². The van der Waals surface area contributed by atoms with Crippen LogP contribution in [0.2, 0.25) is 5.02 Å². The summed E-state index contributed by atoms with van der Waals surface area (Å²) in [4.78, 5) is 28.0. The minimum Gasteiger partial charge on any atom is -0.277 e. The van der Waals surface area contributed by atoms with Crippen LogP contribution in [-0.2, 0) is 9.59 Å². The summed E-state index contributed by atoms with van der Waals surface area (Å²) in [6, 6.07) is 18.6. The van der Waals surface area contributed by atoms with Crippen LogP contribution in [0.1, 0.15) is 29.3 Å². The number of rotatable bonds is 4. The Kier molecular flexibility index (Phi) is 6.61. The van der Waals surface area contributed by atoms with Crippen molar-refractivity contribution in [3.63, 3.8) is 0 Å². The Labute approximate surface area is 218 Å². The molecule has 5 rings (SSSR count). The molecule has 2 aromatic carbocycles. The maximum Gasteiger partial charge on any atom is 0.247 e. The van der Waals surface area contributed by atoms with E-state index in [0.29, 0.717) is 17.1 Å². The van der Waals surface area contributed by atoms with E-state index in [-0.39, 0.29) is 29.4 Å². The number of halogens is 2. The van der Waals surface area contributed by atoms with Crippen molar-refractivity contribution in [2.75, 3.05) is 4.90 Å². The zero-order valence-corrected chi connectivity index (χ0v) is 21.6. The van der Waals surface area contributed by atoms with Crippen molar-refractivity contribution in [2.24, 2.45) is 5.10 Å². The molecule has 0 radical (unpaired) electrons. The summed E-state index contributed by atoms with van der Waals surface area (Å²) in [5.41, 5.74) is 2.30. The lowest BCUT2D eigenvalue weighted by Gasteiger charge is -2.24. The van der Waals surface area contributed by atoms with Gasteiger partial charge in [0, 0.05) is 17.3 Å². The van der Waals surface area contributed by atoms with Crippen LogP contribution in [0.3, 0.4) is 0 Å². The zero-order chi connectivity index (χ0) is 23.8. The van der Waals surface area contributed by atoms with Crippen LogP contribution in [0, 0.1) is 5.41 Å². The van der Waals surface area contributed by atoms with Gasteiger partial charge in [0.1, 0.15) is 5.25 Å². The van der Waals surface area contributed by atoms with Gasteiger partial charge in [0.25, 0.3) is 0 Å². The predicted octanol–water partition coefficient (Wildman–Crippen LogP) is 6.32. The first-order valence-corrected chi connectivity index (χ1v) is 13.4. The van der Waals surface area contributed by atoms with Crippen LogP contribution in [-0.4, -0.2) is 33.0 Å². The summed E-state index contributed by atoms with van der Waals surface area (Å²) in [5, 5.41) is 17.0. The van der Waals surface area contributed by atoms with Crippen LogP contribution >= 0.6 is 50.6 Å². The molecule has 2 aliphatic rings. The van der Waals surface area contributed by atoms with Gasteiger partial charge >= 0.3 is 0 Å². The molecule has 1 aromatic heterocycles. The molecule has 0 aliphatic carbocycles. The number of thioether (sulfide) groups is 1. The number of imide groups is 1. The Balaban J connectivity index is 1.39. The Morgan fingerprint density at radius 2 is 1.85 bits per heavy atom. The molecule has 2 amide bonds. The number of anilines is 1. The van der Waals surface area contributed by atoms with Crippen molar-refractivity contribution in [3.05, 3.63) is 86.0 Å². The number of nitrogens with zero attached hydrogens (tertiary/aromatic N) is 3. The molecule has 0 spiro atoms. The first-order chi connectivity index (χ1) is 16.4. The van der Waals surface area contributed by atoms with Crippen molar-refractivity contribution in [1.29, 1.82) is 5.41 Å². The number of hydrogen-bond acceptors (Lipinski definition) is 6. The molecule has 3 heterocycles. The molecule has 3 aromatic rings. The first-order valence-electron chi connectivity index (χ1n) is 10.4. The van der Waals surface area contributed by atoms with Gasteiger partial charge in [-0.05, 0) is 41.3 Å². The van der Waals surface area contributed by atoms with Crippen LogP contribution in [0.4, 0.5) is 5.69 Å². The second-order valence-corrected chi connectivity index (χ2v) is 11.2. The van der Waals surface area contributed by atoms with Crippen molar-refractivity contribution in [3.8, 4) is 0 Å². The highest BCUT2D eigenvalue weighted by Crippen LogP contribution is 2.39. The molecular formula is C24H18BrClN4O2S2. The van der Waals surface area contributed by atoms with Gasteiger partial charge in [-0.1, -0.05) is 69.6 Å². The summed E-state index contributed by atoms with van der Waals surface area (Å²) >= 11 is 12.4. The van der Waals surface area contributed by atoms with Gasteiger partial charge in [0.2, 0.25) is 11.8 Å². The third kappa shape index (κ3) is 4.45. The molecule has 6 nitrogen and oxygen atoms in total. The third-order valence-electron chi connectivity index (χ3n) is 5.63. The molecule has 0 bridgehead atoms. The summed E-state index contributed by atoms with van der Waals surface area (Å²) < 4.78 is 0.972. The maximum absolute atomic E-state index is 13.1. The number of para-hydroxylation sites is 1. The summed E-state index contributed by atoms with van der Waals surface area (Å²) in [6.07, 6.45) is 0.657. The molecule has 0 unspecified atom stereocenters. The number of carbonyl (C=O) groups excluding carboxylic acids is 2. The zero-order valence-electron chi connectivity index (χ0n) is 17.7. The topological polar surface area (TPSA) is 76.8 Å². The van der Waals surface area contributed by atoms with Crippen molar-refractivity contribution < 1.29 is 9.59 Å². The van der Waals surface area contributed by atoms with E-state index in [1.54, 1.807) is 40.6 Å². The normalized spacial score (nSPS) is 20.2. The first kappa shape index (κ1) is 23.3. The fraction of sp³-hybridized carbons (Fsp3) is 0.167. The second kappa shape index (κ2) is 9.65. The van der Waals surface area contributed by atoms with E-state index in [1.165, 1.54) is 0 Å². The quantitative estimate of drug-likeness (QED) is 0.225. The van der Waals surface area contributed by atoms with Gasteiger partial charge in [0.15, 0.2) is 5.17 Å². The Morgan fingerprint density at radius 3 is 2.56 bits per heavy atom. The van der Waals surface area contributed by atoms with E-state index in [0.717, 1.165) is 37.3 Å². The Hall–Kier alpha value is -2.46. The van der Waals surface area contributed by atoms with E-state index in [9.17, 15) is 9.59 Å². The number of amides is 2. The maximum atomic E-state index is 13.1. The number of nitrogens with one attached hydrogen (secondary N) is 1. The number of thiophene rings is 1. The summed E-state index contributed by atoms with van der Waals surface area (Å²) in [5.74, 6) is -0.688. The molecule has 34 heavy (non-hydrogen) atoms. The van der Waals surface area contributed by atoms with Crippen molar-refractivity contribution in [2.45, 2.75) is 24.1 Å². The average molecular weight is 574 g/mol. The van der Waals surface area contributed by atoms with Gasteiger partial charge in [-0.15, -0.1) is 11.3 Å². The number of carbonyl (C=O) groups is 2. The largest absolute Gasteiger partial charge is 0.277 e. The fourth-order valence-corrected chi connectivity index (χ4v) is 6.19. The van der Waals surface area contributed by atoms with Gasteiger partial charge in [-0.2, -0.15) is 5.10 Å². The SMILES string of the molecule is N=C(S[C@H]1CC(=O)N(c2ccccc2Cl)C1=O)N1N=C(c2cccs2)C[C@H]1c1ccc(Br)cc1. The molecular weight excluding hydrogens is 556 g/mol. The number of benzene rings is 2. The van der Waals surface area contributed by atoms with Gasteiger partial charge in [0.05, 0.1) is 27.3 Å². The smallest absolute Gasteiger partial charge is 0.247 e. The summed E-state index contributed by atoms with van der Waals surface area (Å²) in [6.45, 7) is 0. The van der Waals surface area contributed by atoms with E-state index in [2.05, 4.69) is 15.9 Å². The fourth-order valence-electron chi connectivity index (χ4n) is 4.00. The lowest BCUT2D eigenvalue weighted by Crippen LogP contribution is -2.32. The van der Waals surface area contributed by atoms with E-state index >= 15 is 0 Å². The lowest BCUT2D eigenvalue weighted by molar-refractivity contribution is -0.121. The third-order valence-corrected chi connectivity index (χ3v) is 8.46. The molecule has 1 fully saturated rings. The highest BCUT2D eigenvalue weighted by Gasteiger charge is 2.43. The monoisotopic (exact) mass is 572 g/mol. The standard InChI is InChI=1S/C24H18BrClN4O2S2/c25-15-9-7-14(8-10-15)19-12-17(20-6-3-11-33-20)28-30(19)24(27)34-21-13-22(31)29(23(21)32)18-5-2-1-4-16(18)26/h1-11,19,21,27H,12-13H2/t19-,21-/m0/s1. The van der Waals surface area contributed by atoms with E-state index in [4.69, 9.17) is 22.1 Å². The molecule has 10 heteroatoms. The van der Waals surface area contributed by atoms with Gasteiger partial charge in [-0.3, -0.25) is 15.0 Å². The minimum absolute atomic E-state index is 0.00932. The van der Waals surface area contributed by atoms with Crippen LogP contribution in [0.15, 0.2) is 75.6 Å². The van der Waals surface area contributed by atoms with Crippen LogP contribution in [0.25, 0.3) is 0 Å². The molecule has 2 atom stereocenters. The summed E-state index contributed by atoms with van der Waals surface area (Å²) in [7, 11) is 0. The van der Waals surface area contributed by atoms with Gasteiger partial charge in [-0.25, -0.2) is 9.91 Å². The van der Waals surface area contributed by atoms with Crippen molar-refractivity contribution >= 4 is 79.0 Å². The van der Waals surface area contributed by atoms with Crippen molar-refractivity contribution in [1.82, 2.24) is 5.01 Å². The highest BCUT2D eigenvalue weighted by atomic mass is 79.9. The lowest BCUT2D eigenvalue weighted by atomic mass is 10.0. The molecule has 0 saturated carbocycles. The average Bonchev–Trinajstić information content (AvgIpc) is 3.55. The van der Waals surface area contributed by atoms with Gasteiger partial charge < -0.3 is 0 Å².